The first-order valence-corrected chi connectivity index (χ1v) is 10.7. The van der Waals surface area contributed by atoms with Crippen molar-refractivity contribution in [2.24, 2.45) is 0 Å². The molecule has 9 heteroatoms. The highest BCUT2D eigenvalue weighted by molar-refractivity contribution is 9.10. The molecule has 6 nitrogen and oxygen atoms in total. The van der Waals surface area contributed by atoms with Crippen LogP contribution in [0.15, 0.2) is 46.9 Å². The summed E-state index contributed by atoms with van der Waals surface area (Å²) in [6.45, 7) is 4.86. The lowest BCUT2D eigenvalue weighted by atomic mass is 10.0. The summed E-state index contributed by atoms with van der Waals surface area (Å²) in [4.78, 5) is 30.7. The molecule has 1 N–H and O–H groups in total. The molecule has 1 aromatic heterocycles. The number of nitrogens with zero attached hydrogens (tertiary/aromatic N) is 2. The van der Waals surface area contributed by atoms with E-state index in [9.17, 15) is 18.4 Å². The standard InChI is InChI=1S/C22H24BrF2N3O3/c1-22(2,3)31-21(30)28-12-14(24)11-17(28)20(29)27-18(13-7-5-4-6-8-13)16-10-9-15(23)19(25)26-16/h4-10,14,17-18H,11-12H2,1-3H3,(H,27,29)/t14?,17?,18-/m0/s1. The fraction of sp³-hybridized carbons (Fsp3) is 0.409. The third-order valence-corrected chi connectivity index (χ3v) is 5.31. The SMILES string of the molecule is CC(C)(C)OC(=O)N1CC(F)CC1C(=O)N[C@@H](c1ccccc1)c1ccc(Br)c(F)n1. The first-order chi connectivity index (χ1) is 14.5. The average molecular weight is 496 g/mol. The molecular weight excluding hydrogens is 472 g/mol. The van der Waals surface area contributed by atoms with Gasteiger partial charge in [0, 0.05) is 6.42 Å². The number of aromatic nitrogens is 1. The zero-order valence-corrected chi connectivity index (χ0v) is 19.0. The predicted octanol–water partition coefficient (Wildman–Crippen LogP) is 4.54. The predicted molar refractivity (Wildman–Crippen MR) is 115 cm³/mol. The Kier molecular flexibility index (Phi) is 6.93. The van der Waals surface area contributed by atoms with Crippen LogP contribution in [0.1, 0.15) is 44.5 Å². The Hall–Kier alpha value is -2.55. The maximum absolute atomic E-state index is 14.2. The van der Waals surface area contributed by atoms with E-state index in [1.807, 2.05) is 6.07 Å². The van der Waals surface area contributed by atoms with Crippen molar-refractivity contribution in [2.45, 2.75) is 51.0 Å². The first kappa shape index (κ1) is 23.1. The van der Waals surface area contributed by atoms with E-state index in [2.05, 4.69) is 26.2 Å². The number of nitrogens with one attached hydrogen (secondary N) is 1. The third-order valence-electron chi connectivity index (χ3n) is 4.72. The van der Waals surface area contributed by atoms with Gasteiger partial charge in [0.2, 0.25) is 11.9 Å². The van der Waals surface area contributed by atoms with Crippen LogP contribution >= 0.6 is 15.9 Å². The Morgan fingerprint density at radius 2 is 1.90 bits per heavy atom. The zero-order valence-electron chi connectivity index (χ0n) is 17.4. The molecule has 2 aromatic rings. The van der Waals surface area contributed by atoms with Crippen LogP contribution in [0, 0.1) is 5.95 Å². The van der Waals surface area contributed by atoms with E-state index in [0.29, 0.717) is 5.56 Å². The minimum Gasteiger partial charge on any atom is -0.444 e. The van der Waals surface area contributed by atoms with Crippen molar-refractivity contribution in [3.8, 4) is 0 Å². The lowest BCUT2D eigenvalue weighted by molar-refractivity contribution is -0.126. The Balaban J connectivity index is 1.87. The molecule has 2 heterocycles. The van der Waals surface area contributed by atoms with Gasteiger partial charge in [-0.25, -0.2) is 14.2 Å². The Morgan fingerprint density at radius 3 is 2.52 bits per heavy atom. The second-order valence-electron chi connectivity index (χ2n) is 8.34. The van der Waals surface area contributed by atoms with Gasteiger partial charge >= 0.3 is 6.09 Å². The van der Waals surface area contributed by atoms with Crippen LogP contribution in [0.2, 0.25) is 0 Å². The molecule has 2 unspecified atom stereocenters. The Bertz CT molecular complexity index is 953. The number of hydrogen-bond donors (Lipinski definition) is 1. The number of carbonyl (C=O) groups excluding carboxylic acids is 2. The van der Waals surface area contributed by atoms with Crippen molar-refractivity contribution in [1.82, 2.24) is 15.2 Å². The molecule has 166 valence electrons. The molecule has 3 atom stereocenters. The molecular formula is C22H24BrF2N3O3. The first-order valence-electron chi connectivity index (χ1n) is 9.86. The molecule has 0 bridgehead atoms. The second-order valence-corrected chi connectivity index (χ2v) is 9.20. The quantitative estimate of drug-likeness (QED) is 0.632. The van der Waals surface area contributed by atoms with Gasteiger partial charge in [0.05, 0.1) is 22.8 Å². The van der Waals surface area contributed by atoms with Crippen molar-refractivity contribution in [2.75, 3.05) is 6.54 Å². The van der Waals surface area contributed by atoms with E-state index in [4.69, 9.17) is 4.74 Å². The maximum Gasteiger partial charge on any atom is 0.411 e. The Labute approximate surface area is 188 Å². The summed E-state index contributed by atoms with van der Waals surface area (Å²) in [5, 5.41) is 2.81. The van der Waals surface area contributed by atoms with E-state index >= 15 is 0 Å². The summed E-state index contributed by atoms with van der Waals surface area (Å²) in [5.74, 6) is -1.28. The third kappa shape index (κ3) is 5.78. The van der Waals surface area contributed by atoms with Crippen LogP contribution in [0.5, 0.6) is 0 Å². The van der Waals surface area contributed by atoms with Crippen molar-refractivity contribution < 1.29 is 23.1 Å². The van der Waals surface area contributed by atoms with Crippen LogP contribution in [-0.4, -0.2) is 46.2 Å². The summed E-state index contributed by atoms with van der Waals surface area (Å²) < 4.78 is 33.8. The minimum absolute atomic E-state index is 0.144. The van der Waals surface area contributed by atoms with E-state index < -0.39 is 41.8 Å². The number of carbonyl (C=O) groups is 2. The van der Waals surface area contributed by atoms with E-state index in [1.165, 1.54) is 6.07 Å². The van der Waals surface area contributed by atoms with Gasteiger partial charge in [-0.15, -0.1) is 0 Å². The van der Waals surface area contributed by atoms with Gasteiger partial charge in [0.25, 0.3) is 0 Å². The smallest absolute Gasteiger partial charge is 0.411 e. The molecule has 1 aliphatic heterocycles. The number of halogens is 3. The normalized spacial score (nSPS) is 19.7. The van der Waals surface area contributed by atoms with E-state index in [1.54, 1.807) is 51.1 Å². The fourth-order valence-electron chi connectivity index (χ4n) is 3.36. The number of likely N-dealkylation sites (tertiary alicyclic amines) is 1. The molecule has 0 saturated carbocycles. The van der Waals surface area contributed by atoms with Crippen molar-refractivity contribution >= 4 is 27.9 Å². The van der Waals surface area contributed by atoms with Gasteiger partial charge in [0.1, 0.15) is 17.8 Å². The fourth-order valence-corrected chi connectivity index (χ4v) is 3.58. The summed E-state index contributed by atoms with van der Waals surface area (Å²) >= 11 is 3.07. The van der Waals surface area contributed by atoms with Gasteiger partial charge in [-0.1, -0.05) is 30.3 Å². The van der Waals surface area contributed by atoms with Crippen LogP contribution in [0.25, 0.3) is 0 Å². The Morgan fingerprint density at radius 1 is 1.23 bits per heavy atom. The molecule has 1 saturated heterocycles. The number of rotatable bonds is 4. The van der Waals surface area contributed by atoms with Crippen molar-refractivity contribution in [3.63, 3.8) is 0 Å². The lowest BCUT2D eigenvalue weighted by Gasteiger charge is -2.29. The van der Waals surface area contributed by atoms with Gasteiger partial charge in [-0.05, 0) is 54.4 Å². The van der Waals surface area contributed by atoms with Gasteiger partial charge in [0.15, 0.2) is 0 Å². The molecule has 2 amide bonds. The van der Waals surface area contributed by atoms with Gasteiger partial charge in [-0.2, -0.15) is 4.39 Å². The van der Waals surface area contributed by atoms with Crippen molar-refractivity contribution in [1.29, 1.82) is 0 Å². The number of ether oxygens (including phenoxy) is 1. The highest BCUT2D eigenvalue weighted by atomic mass is 79.9. The summed E-state index contributed by atoms with van der Waals surface area (Å²) in [6, 6.07) is 10.2. The van der Waals surface area contributed by atoms with Crippen LogP contribution in [0.3, 0.4) is 0 Å². The lowest BCUT2D eigenvalue weighted by Crippen LogP contribution is -2.48. The molecule has 0 spiro atoms. The molecule has 0 aliphatic carbocycles. The summed E-state index contributed by atoms with van der Waals surface area (Å²) in [5.41, 5.74) is 0.167. The number of amides is 2. The highest BCUT2D eigenvalue weighted by Crippen LogP contribution is 2.27. The molecule has 31 heavy (non-hydrogen) atoms. The molecule has 3 rings (SSSR count). The summed E-state index contributed by atoms with van der Waals surface area (Å²) in [6.07, 6.45) is -2.24. The highest BCUT2D eigenvalue weighted by Gasteiger charge is 2.42. The monoisotopic (exact) mass is 495 g/mol. The molecule has 0 radical (unpaired) electrons. The average Bonchev–Trinajstić information content (AvgIpc) is 3.10. The van der Waals surface area contributed by atoms with Crippen molar-refractivity contribution in [3.05, 3.63) is 64.1 Å². The number of hydrogen-bond acceptors (Lipinski definition) is 4. The second kappa shape index (κ2) is 9.30. The number of alkyl halides is 1. The minimum atomic E-state index is -1.35. The maximum atomic E-state index is 14.2. The van der Waals surface area contributed by atoms with E-state index in [0.717, 1.165) is 4.90 Å². The van der Waals surface area contributed by atoms with Gasteiger partial charge in [-0.3, -0.25) is 9.69 Å². The van der Waals surface area contributed by atoms with Gasteiger partial charge < -0.3 is 10.1 Å². The number of pyridine rings is 1. The summed E-state index contributed by atoms with van der Waals surface area (Å²) in [7, 11) is 0. The largest absolute Gasteiger partial charge is 0.444 e. The van der Waals surface area contributed by atoms with Crippen LogP contribution in [-0.2, 0) is 9.53 Å². The number of benzene rings is 1. The molecule has 1 fully saturated rings. The topological polar surface area (TPSA) is 71.5 Å². The van der Waals surface area contributed by atoms with E-state index in [-0.39, 0.29) is 23.1 Å². The van der Waals surface area contributed by atoms with Crippen LogP contribution < -0.4 is 5.32 Å². The van der Waals surface area contributed by atoms with Crippen LogP contribution in [0.4, 0.5) is 13.6 Å². The molecule has 1 aromatic carbocycles. The zero-order chi connectivity index (χ0) is 22.8. The molecule has 1 aliphatic rings.